The lowest BCUT2D eigenvalue weighted by atomic mass is 10.2. The zero-order chi connectivity index (χ0) is 20.9. The molecule has 0 fully saturated rings. The summed E-state index contributed by atoms with van der Waals surface area (Å²) in [6, 6.07) is 13.3. The molecule has 156 valence electrons. The standard InChI is InChI=1S/C21H24FNO5S/c1-2-26-18-7-9-19(10-8-18)27-12-11-23-20(24)13-28-21(25)15-29-14-16-3-5-17(22)6-4-16/h3-10H,2,11-15H2,1H3,(H,23,24). The van der Waals surface area contributed by atoms with Crippen LogP contribution in [0.4, 0.5) is 4.39 Å². The van der Waals surface area contributed by atoms with Crippen molar-refractivity contribution in [2.45, 2.75) is 12.7 Å². The minimum atomic E-state index is -0.474. The van der Waals surface area contributed by atoms with Crippen LogP contribution in [0, 0.1) is 5.82 Å². The second-order valence-corrected chi connectivity index (χ2v) is 6.87. The fourth-order valence-corrected chi connectivity index (χ4v) is 3.01. The molecule has 0 radical (unpaired) electrons. The van der Waals surface area contributed by atoms with Gasteiger partial charge in [0.25, 0.3) is 5.91 Å². The number of rotatable bonds is 12. The number of nitrogens with one attached hydrogen (secondary N) is 1. The Labute approximate surface area is 173 Å². The van der Waals surface area contributed by atoms with E-state index in [-0.39, 0.29) is 18.2 Å². The van der Waals surface area contributed by atoms with E-state index in [0.717, 1.165) is 11.3 Å². The second kappa shape index (κ2) is 12.7. The molecule has 0 aliphatic carbocycles. The molecule has 0 saturated carbocycles. The van der Waals surface area contributed by atoms with E-state index in [1.807, 2.05) is 19.1 Å². The minimum Gasteiger partial charge on any atom is -0.494 e. The fourth-order valence-electron chi connectivity index (χ4n) is 2.23. The molecule has 0 aliphatic rings. The van der Waals surface area contributed by atoms with Gasteiger partial charge in [-0.25, -0.2) is 4.39 Å². The minimum absolute atomic E-state index is 0.117. The molecule has 0 heterocycles. The monoisotopic (exact) mass is 421 g/mol. The Kier molecular flexibility index (Phi) is 9.85. The highest BCUT2D eigenvalue weighted by molar-refractivity contribution is 7.99. The summed E-state index contributed by atoms with van der Waals surface area (Å²) in [5.74, 6) is 0.956. The van der Waals surface area contributed by atoms with Gasteiger partial charge in [-0.15, -0.1) is 11.8 Å². The third-order valence-electron chi connectivity index (χ3n) is 3.59. The summed E-state index contributed by atoms with van der Waals surface area (Å²) in [7, 11) is 0. The van der Waals surface area contributed by atoms with Crippen LogP contribution in [0.5, 0.6) is 11.5 Å². The van der Waals surface area contributed by atoms with Crippen molar-refractivity contribution >= 4 is 23.6 Å². The zero-order valence-corrected chi connectivity index (χ0v) is 17.0. The Hall–Kier alpha value is -2.74. The Balaban J connectivity index is 1.52. The van der Waals surface area contributed by atoms with Crippen molar-refractivity contribution in [2.24, 2.45) is 0 Å². The Morgan fingerprint density at radius 2 is 1.66 bits per heavy atom. The first kappa shape index (κ1) is 22.5. The molecule has 0 spiro atoms. The van der Waals surface area contributed by atoms with Gasteiger partial charge in [-0.3, -0.25) is 9.59 Å². The summed E-state index contributed by atoms with van der Waals surface area (Å²) in [5, 5.41) is 2.62. The summed E-state index contributed by atoms with van der Waals surface area (Å²) in [6.45, 7) is 2.77. The van der Waals surface area contributed by atoms with Crippen LogP contribution < -0.4 is 14.8 Å². The molecule has 0 unspecified atom stereocenters. The molecule has 2 aromatic rings. The topological polar surface area (TPSA) is 73.9 Å². The van der Waals surface area contributed by atoms with Crippen LogP contribution in [-0.2, 0) is 20.1 Å². The SMILES string of the molecule is CCOc1ccc(OCCNC(=O)COC(=O)CSCc2ccc(F)cc2)cc1. The molecule has 0 atom stereocenters. The van der Waals surface area contributed by atoms with E-state index in [2.05, 4.69) is 5.32 Å². The highest BCUT2D eigenvalue weighted by atomic mass is 32.2. The maximum atomic E-state index is 12.8. The maximum absolute atomic E-state index is 12.8. The van der Waals surface area contributed by atoms with Crippen molar-refractivity contribution < 1.29 is 28.2 Å². The van der Waals surface area contributed by atoms with Crippen LogP contribution in [0.1, 0.15) is 12.5 Å². The summed E-state index contributed by atoms with van der Waals surface area (Å²) in [6.07, 6.45) is 0. The second-order valence-electron chi connectivity index (χ2n) is 5.88. The van der Waals surface area contributed by atoms with E-state index in [9.17, 15) is 14.0 Å². The Morgan fingerprint density at radius 1 is 1.00 bits per heavy atom. The number of hydrogen-bond acceptors (Lipinski definition) is 6. The first-order chi connectivity index (χ1) is 14.1. The van der Waals surface area contributed by atoms with Crippen LogP contribution in [0.3, 0.4) is 0 Å². The number of hydrogen-bond donors (Lipinski definition) is 1. The predicted molar refractivity (Wildman–Crippen MR) is 110 cm³/mol. The van der Waals surface area contributed by atoms with Crippen LogP contribution in [-0.4, -0.2) is 44.0 Å². The van der Waals surface area contributed by atoms with Crippen molar-refractivity contribution in [2.75, 3.05) is 32.1 Å². The van der Waals surface area contributed by atoms with E-state index in [0.29, 0.717) is 31.3 Å². The van der Waals surface area contributed by atoms with Gasteiger partial charge < -0.3 is 19.5 Å². The third kappa shape index (κ3) is 9.34. The van der Waals surface area contributed by atoms with E-state index in [1.54, 1.807) is 24.3 Å². The van der Waals surface area contributed by atoms with Gasteiger partial charge in [0.15, 0.2) is 6.61 Å². The van der Waals surface area contributed by atoms with Gasteiger partial charge in [0.1, 0.15) is 23.9 Å². The predicted octanol–water partition coefficient (Wildman–Crippen LogP) is 3.20. The maximum Gasteiger partial charge on any atom is 0.316 e. The van der Waals surface area contributed by atoms with Crippen molar-refractivity contribution in [1.82, 2.24) is 5.32 Å². The molecule has 6 nitrogen and oxygen atoms in total. The Bertz CT molecular complexity index is 768. The van der Waals surface area contributed by atoms with Crippen LogP contribution in [0.15, 0.2) is 48.5 Å². The molecule has 29 heavy (non-hydrogen) atoms. The van der Waals surface area contributed by atoms with Gasteiger partial charge in [0.05, 0.1) is 18.9 Å². The number of halogens is 1. The normalized spacial score (nSPS) is 10.3. The highest BCUT2D eigenvalue weighted by Gasteiger charge is 2.08. The molecule has 1 amide bonds. The molecule has 2 aromatic carbocycles. The molecule has 0 aromatic heterocycles. The van der Waals surface area contributed by atoms with Crippen LogP contribution in [0.25, 0.3) is 0 Å². The van der Waals surface area contributed by atoms with E-state index in [4.69, 9.17) is 14.2 Å². The average molecular weight is 421 g/mol. The number of carbonyl (C=O) groups is 2. The van der Waals surface area contributed by atoms with Gasteiger partial charge in [-0.05, 0) is 48.9 Å². The number of carbonyl (C=O) groups excluding carboxylic acids is 2. The first-order valence-corrected chi connectivity index (χ1v) is 10.3. The zero-order valence-electron chi connectivity index (χ0n) is 16.2. The lowest BCUT2D eigenvalue weighted by Crippen LogP contribution is -2.32. The number of ether oxygens (including phenoxy) is 3. The molecule has 0 aliphatic heterocycles. The van der Waals surface area contributed by atoms with Gasteiger partial charge in [0.2, 0.25) is 0 Å². The van der Waals surface area contributed by atoms with Gasteiger partial charge >= 0.3 is 5.97 Å². The number of thioether (sulfide) groups is 1. The molecular formula is C21H24FNO5S. The van der Waals surface area contributed by atoms with Crippen molar-refractivity contribution in [3.63, 3.8) is 0 Å². The van der Waals surface area contributed by atoms with E-state index < -0.39 is 11.9 Å². The number of amides is 1. The smallest absolute Gasteiger partial charge is 0.316 e. The molecule has 0 saturated heterocycles. The number of benzene rings is 2. The lowest BCUT2D eigenvalue weighted by Gasteiger charge is -2.09. The van der Waals surface area contributed by atoms with Crippen LogP contribution >= 0.6 is 11.8 Å². The summed E-state index contributed by atoms with van der Waals surface area (Å²) < 4.78 is 28.6. The quantitative estimate of drug-likeness (QED) is 0.419. The highest BCUT2D eigenvalue weighted by Crippen LogP contribution is 2.17. The molecular weight excluding hydrogens is 397 g/mol. The first-order valence-electron chi connectivity index (χ1n) is 9.17. The van der Waals surface area contributed by atoms with Crippen molar-refractivity contribution in [3.05, 3.63) is 59.9 Å². The number of esters is 1. The average Bonchev–Trinajstić information content (AvgIpc) is 2.72. The molecule has 0 bridgehead atoms. The summed E-state index contributed by atoms with van der Waals surface area (Å²) >= 11 is 1.34. The fraction of sp³-hybridized carbons (Fsp3) is 0.333. The summed E-state index contributed by atoms with van der Waals surface area (Å²) in [5.41, 5.74) is 0.912. The van der Waals surface area contributed by atoms with E-state index in [1.165, 1.54) is 23.9 Å². The third-order valence-corrected chi connectivity index (χ3v) is 4.57. The van der Waals surface area contributed by atoms with Crippen molar-refractivity contribution in [1.29, 1.82) is 0 Å². The molecule has 1 N–H and O–H groups in total. The summed E-state index contributed by atoms with van der Waals surface area (Å²) in [4.78, 5) is 23.4. The molecule has 2 rings (SSSR count). The van der Waals surface area contributed by atoms with Crippen molar-refractivity contribution in [3.8, 4) is 11.5 Å². The largest absolute Gasteiger partial charge is 0.494 e. The van der Waals surface area contributed by atoms with Gasteiger partial charge in [0, 0.05) is 5.75 Å². The Morgan fingerprint density at radius 3 is 2.31 bits per heavy atom. The van der Waals surface area contributed by atoms with E-state index >= 15 is 0 Å². The van der Waals surface area contributed by atoms with Crippen LogP contribution in [0.2, 0.25) is 0 Å². The lowest BCUT2D eigenvalue weighted by molar-refractivity contribution is -0.145. The van der Waals surface area contributed by atoms with Gasteiger partial charge in [-0.1, -0.05) is 12.1 Å². The van der Waals surface area contributed by atoms with Gasteiger partial charge in [-0.2, -0.15) is 0 Å². The molecule has 8 heteroatoms.